The molecular formula is C23H27F3N6O4S. The molecule has 0 bridgehead atoms. The Hall–Kier alpha value is -3.39. The Morgan fingerprint density at radius 1 is 1.27 bits per heavy atom. The minimum Gasteiger partial charge on any atom is -0.453 e. The number of hydrogen-bond acceptors (Lipinski definition) is 8. The number of aromatic amines is 1. The van der Waals surface area contributed by atoms with Crippen LogP contribution in [0.4, 0.5) is 29.6 Å². The number of rotatable bonds is 6. The van der Waals surface area contributed by atoms with Gasteiger partial charge in [-0.2, -0.15) is 13.2 Å². The quantitative estimate of drug-likeness (QED) is 0.366. The Labute approximate surface area is 211 Å². The van der Waals surface area contributed by atoms with Crippen LogP contribution in [0, 0.1) is 0 Å². The van der Waals surface area contributed by atoms with Gasteiger partial charge in [0.1, 0.15) is 10.5 Å². The summed E-state index contributed by atoms with van der Waals surface area (Å²) in [6.07, 6.45) is -1.94. The Morgan fingerprint density at radius 2 is 2.03 bits per heavy atom. The molecular weight excluding hydrogens is 513 g/mol. The van der Waals surface area contributed by atoms with Crippen LogP contribution in [0.5, 0.6) is 0 Å². The molecule has 1 aliphatic rings. The number of sulfone groups is 1. The number of piperidine rings is 1. The van der Waals surface area contributed by atoms with Gasteiger partial charge in [0.25, 0.3) is 0 Å². The lowest BCUT2D eigenvalue weighted by Gasteiger charge is -2.24. The van der Waals surface area contributed by atoms with Crippen LogP contribution in [-0.2, 0) is 20.8 Å². The highest BCUT2D eigenvalue weighted by atomic mass is 32.2. The summed E-state index contributed by atoms with van der Waals surface area (Å²) in [5, 5.41) is 7.96. The zero-order valence-corrected chi connectivity index (χ0v) is 21.2. The summed E-state index contributed by atoms with van der Waals surface area (Å²) < 4.78 is 73.0. The smallest absolute Gasteiger partial charge is 0.419 e. The van der Waals surface area contributed by atoms with Crippen molar-refractivity contribution >= 4 is 38.5 Å². The zero-order chi connectivity index (χ0) is 27.0. The minimum atomic E-state index is -4.76. The maximum Gasteiger partial charge on any atom is 0.419 e. The van der Waals surface area contributed by atoms with Crippen molar-refractivity contribution in [3.63, 3.8) is 0 Å². The first kappa shape index (κ1) is 26.7. The van der Waals surface area contributed by atoms with Gasteiger partial charge in [0.05, 0.1) is 29.3 Å². The second kappa shape index (κ2) is 10.2. The fourth-order valence-corrected chi connectivity index (χ4v) is 5.53. The molecule has 0 spiro atoms. The summed E-state index contributed by atoms with van der Waals surface area (Å²) in [6.45, 7) is 4.41. The van der Waals surface area contributed by atoms with Gasteiger partial charge in [0, 0.05) is 35.9 Å². The van der Waals surface area contributed by atoms with Crippen LogP contribution < -0.4 is 16.0 Å². The lowest BCUT2D eigenvalue weighted by molar-refractivity contribution is -0.137. The molecule has 4 N–H and O–H groups in total. The first-order valence-corrected chi connectivity index (χ1v) is 13.1. The molecule has 1 fully saturated rings. The number of H-pyrrole nitrogens is 1. The highest BCUT2D eigenvalue weighted by molar-refractivity contribution is 7.92. The molecule has 2 aromatic heterocycles. The number of carbonyl (C=O) groups excluding carboxylic acids is 1. The molecule has 3 heterocycles. The van der Waals surface area contributed by atoms with E-state index in [1.807, 2.05) is 0 Å². The number of nitrogens with one attached hydrogen (secondary N) is 4. The maximum absolute atomic E-state index is 14.0. The number of alkyl halides is 3. The average molecular weight is 541 g/mol. The summed E-state index contributed by atoms with van der Waals surface area (Å²) in [5.74, 6) is 0.0325. The van der Waals surface area contributed by atoms with Crippen LogP contribution in [0.25, 0.3) is 22.2 Å². The van der Waals surface area contributed by atoms with E-state index in [2.05, 4.69) is 35.6 Å². The van der Waals surface area contributed by atoms with Crippen molar-refractivity contribution in [1.29, 1.82) is 0 Å². The molecule has 4 rings (SSSR count). The Bertz CT molecular complexity index is 1420. The molecule has 10 nitrogen and oxygen atoms in total. The molecule has 14 heteroatoms. The zero-order valence-electron chi connectivity index (χ0n) is 20.4. The Morgan fingerprint density at radius 3 is 2.65 bits per heavy atom. The lowest BCUT2D eigenvalue weighted by atomic mass is 10.1. The number of anilines is 2. The third-order valence-electron chi connectivity index (χ3n) is 6.12. The number of amides is 1. The van der Waals surface area contributed by atoms with Gasteiger partial charge in [0.2, 0.25) is 5.95 Å². The number of hydrogen-bond donors (Lipinski definition) is 4. The summed E-state index contributed by atoms with van der Waals surface area (Å²) in [7, 11) is -2.87. The van der Waals surface area contributed by atoms with Crippen LogP contribution in [0.3, 0.4) is 0 Å². The van der Waals surface area contributed by atoms with E-state index in [1.165, 1.54) is 32.2 Å². The fraction of sp³-hybridized carbons (Fsp3) is 0.435. The average Bonchev–Trinajstić information content (AvgIpc) is 3.27. The highest BCUT2D eigenvalue weighted by Crippen LogP contribution is 2.41. The van der Waals surface area contributed by atoms with E-state index in [-0.39, 0.29) is 39.0 Å². The number of halogens is 3. The first-order chi connectivity index (χ1) is 17.4. The predicted molar refractivity (Wildman–Crippen MR) is 132 cm³/mol. The Balaban J connectivity index is 1.91. The summed E-state index contributed by atoms with van der Waals surface area (Å²) in [4.78, 5) is 22.5. The molecule has 1 atom stereocenters. The van der Waals surface area contributed by atoms with Crippen LogP contribution in [0.2, 0.25) is 0 Å². The van der Waals surface area contributed by atoms with Crippen molar-refractivity contribution in [3.05, 3.63) is 30.1 Å². The SMILES string of the molecule is COC(=O)Nc1ccc2c(-c3nc(N[C@H]4CCCNC4)ncc3C(F)(F)F)c[nH]c2c1S(=O)(=O)C(C)C. The van der Waals surface area contributed by atoms with E-state index in [4.69, 9.17) is 0 Å². The van der Waals surface area contributed by atoms with Crippen molar-refractivity contribution in [2.45, 2.75) is 49.1 Å². The summed E-state index contributed by atoms with van der Waals surface area (Å²) in [5.41, 5.74) is -1.45. The van der Waals surface area contributed by atoms with E-state index >= 15 is 0 Å². The number of methoxy groups -OCH3 is 1. The van der Waals surface area contributed by atoms with E-state index in [1.54, 1.807) is 0 Å². The molecule has 37 heavy (non-hydrogen) atoms. The first-order valence-electron chi connectivity index (χ1n) is 11.6. The van der Waals surface area contributed by atoms with Crippen LogP contribution in [0.15, 0.2) is 29.4 Å². The fourth-order valence-electron chi connectivity index (χ4n) is 4.18. The number of carbonyl (C=O) groups is 1. The van der Waals surface area contributed by atoms with Crippen molar-refractivity contribution in [1.82, 2.24) is 20.3 Å². The largest absolute Gasteiger partial charge is 0.453 e. The van der Waals surface area contributed by atoms with Gasteiger partial charge in [-0.1, -0.05) is 0 Å². The molecule has 1 aliphatic heterocycles. The van der Waals surface area contributed by atoms with Crippen molar-refractivity contribution < 1.29 is 31.1 Å². The number of fused-ring (bicyclic) bond motifs is 1. The molecule has 1 saturated heterocycles. The van der Waals surface area contributed by atoms with Gasteiger partial charge in [-0.15, -0.1) is 0 Å². The monoisotopic (exact) mass is 540 g/mol. The molecule has 3 aromatic rings. The van der Waals surface area contributed by atoms with Gasteiger partial charge in [0.15, 0.2) is 9.84 Å². The van der Waals surface area contributed by atoms with Gasteiger partial charge < -0.3 is 20.4 Å². The van der Waals surface area contributed by atoms with Crippen LogP contribution in [-0.4, -0.2) is 61.0 Å². The number of aromatic nitrogens is 3. The standard InChI is InChI=1S/C23H27F3N6O4S/c1-12(2)37(34,35)20-17(31-22(33)36-3)7-6-14-15(10-28-19(14)20)18-16(23(24,25)26)11-29-21(32-18)30-13-5-4-8-27-9-13/h6-7,10-13,27-28H,4-5,8-9H2,1-3H3,(H,31,33)(H,29,30,32)/t13-/m0/s1. The topological polar surface area (TPSA) is 138 Å². The molecule has 0 radical (unpaired) electrons. The van der Waals surface area contributed by atoms with Gasteiger partial charge in [-0.25, -0.2) is 23.2 Å². The molecule has 0 aliphatic carbocycles. The number of benzene rings is 1. The highest BCUT2D eigenvalue weighted by Gasteiger charge is 2.37. The Kier molecular flexibility index (Phi) is 7.33. The third-order valence-corrected chi connectivity index (χ3v) is 8.35. The molecule has 200 valence electrons. The minimum absolute atomic E-state index is 0.0325. The number of ether oxygens (including phenoxy) is 1. The summed E-state index contributed by atoms with van der Waals surface area (Å²) in [6, 6.07) is 2.69. The van der Waals surface area contributed by atoms with Crippen LogP contribution in [0.1, 0.15) is 32.3 Å². The predicted octanol–water partition coefficient (Wildman–Crippen LogP) is 4.17. The third kappa shape index (κ3) is 5.34. The van der Waals surface area contributed by atoms with Crippen molar-refractivity contribution in [3.8, 4) is 11.3 Å². The van der Waals surface area contributed by atoms with E-state index < -0.39 is 38.6 Å². The van der Waals surface area contributed by atoms with E-state index in [0.717, 1.165) is 32.7 Å². The van der Waals surface area contributed by atoms with Crippen molar-refractivity contribution in [2.24, 2.45) is 0 Å². The van der Waals surface area contributed by atoms with Gasteiger partial charge >= 0.3 is 12.3 Å². The molecule has 0 saturated carbocycles. The van der Waals surface area contributed by atoms with E-state index in [9.17, 15) is 26.4 Å². The van der Waals surface area contributed by atoms with Crippen molar-refractivity contribution in [2.75, 3.05) is 30.8 Å². The van der Waals surface area contributed by atoms with Gasteiger partial charge in [-0.05, 0) is 45.4 Å². The van der Waals surface area contributed by atoms with Gasteiger partial charge in [-0.3, -0.25) is 5.32 Å². The molecule has 1 amide bonds. The lowest BCUT2D eigenvalue weighted by Crippen LogP contribution is -2.38. The van der Waals surface area contributed by atoms with Crippen LogP contribution >= 0.6 is 0 Å². The second-order valence-corrected chi connectivity index (χ2v) is 11.4. The maximum atomic E-state index is 14.0. The second-order valence-electron chi connectivity index (χ2n) is 8.92. The summed E-state index contributed by atoms with van der Waals surface area (Å²) >= 11 is 0. The number of nitrogens with zero attached hydrogens (tertiary/aromatic N) is 2. The molecule has 0 unspecified atom stereocenters. The molecule has 1 aromatic carbocycles. The van der Waals surface area contributed by atoms with E-state index in [0.29, 0.717) is 6.54 Å². The normalized spacial score (nSPS) is 16.7.